The van der Waals surface area contributed by atoms with E-state index in [9.17, 15) is 13.3 Å². The molecule has 0 amide bonds. The van der Waals surface area contributed by atoms with Crippen LogP contribution in [0.5, 0.6) is 5.75 Å². The predicted octanol–water partition coefficient (Wildman–Crippen LogP) is 5.43. The summed E-state index contributed by atoms with van der Waals surface area (Å²) < 4.78 is 44.0. The van der Waals surface area contributed by atoms with Crippen molar-refractivity contribution < 1.29 is 27.9 Å². The van der Waals surface area contributed by atoms with Gasteiger partial charge >= 0.3 is 13.3 Å². The van der Waals surface area contributed by atoms with Gasteiger partial charge in [-0.15, -0.1) is 0 Å². The molecule has 0 aliphatic rings. The van der Waals surface area contributed by atoms with E-state index in [1.165, 1.54) is 23.9 Å². The maximum Gasteiger partial charge on any atom is 0.399 e. The van der Waals surface area contributed by atoms with Crippen molar-refractivity contribution in [1.82, 2.24) is 9.97 Å². The quantitative estimate of drug-likeness (QED) is 0.245. The van der Waals surface area contributed by atoms with Gasteiger partial charge in [-0.05, 0) is 42.0 Å². The lowest BCUT2D eigenvalue weighted by Gasteiger charge is -2.19. The number of benzene rings is 2. The standard InChI is InChI=1S/C19H16BrF2N2O4PS/c1-28-14-5-3-13(4-6-14)17-8-9-23-18(24-17)30-11-12-2-7-15(16(20)10-12)19(21,22)29(25,26)27/h2-10H,11H2,1H3,(H2,25,26,27). The third-order valence-corrected chi connectivity index (χ3v) is 6.67. The van der Waals surface area contributed by atoms with E-state index in [2.05, 4.69) is 25.9 Å². The molecule has 0 saturated carbocycles. The van der Waals surface area contributed by atoms with Crippen LogP contribution in [0.1, 0.15) is 11.1 Å². The maximum absolute atomic E-state index is 13.9. The number of hydrogen-bond acceptors (Lipinski definition) is 5. The third kappa shape index (κ3) is 5.07. The summed E-state index contributed by atoms with van der Waals surface area (Å²) in [5.74, 6) is 1.12. The number of nitrogens with zero attached hydrogens (tertiary/aromatic N) is 2. The van der Waals surface area contributed by atoms with Crippen molar-refractivity contribution in [3.63, 3.8) is 0 Å². The van der Waals surface area contributed by atoms with Gasteiger partial charge in [0.2, 0.25) is 0 Å². The molecule has 0 spiro atoms. The maximum atomic E-state index is 13.9. The Bertz CT molecular complexity index is 1100. The summed E-state index contributed by atoms with van der Waals surface area (Å²) in [6.45, 7) is 0. The lowest BCUT2D eigenvalue weighted by molar-refractivity contribution is 0.0557. The van der Waals surface area contributed by atoms with Crippen LogP contribution in [0.3, 0.4) is 0 Å². The van der Waals surface area contributed by atoms with Crippen molar-refractivity contribution in [2.24, 2.45) is 0 Å². The molecule has 0 bridgehead atoms. The van der Waals surface area contributed by atoms with Crippen LogP contribution in [0.25, 0.3) is 11.3 Å². The second-order valence-electron chi connectivity index (χ2n) is 6.14. The average molecular weight is 517 g/mol. The predicted molar refractivity (Wildman–Crippen MR) is 114 cm³/mol. The zero-order valence-corrected chi connectivity index (χ0v) is 18.8. The van der Waals surface area contributed by atoms with Crippen LogP contribution in [0.4, 0.5) is 8.78 Å². The average Bonchev–Trinajstić information content (AvgIpc) is 2.71. The molecule has 6 nitrogen and oxygen atoms in total. The molecule has 0 fully saturated rings. The van der Waals surface area contributed by atoms with Crippen molar-refractivity contribution in [1.29, 1.82) is 0 Å². The Kier molecular flexibility index (Phi) is 6.94. The molecule has 11 heteroatoms. The topological polar surface area (TPSA) is 92.5 Å². The minimum atomic E-state index is -5.63. The zero-order valence-electron chi connectivity index (χ0n) is 15.5. The Labute approximate surface area is 184 Å². The fourth-order valence-corrected chi connectivity index (χ4v) is 4.64. The van der Waals surface area contributed by atoms with E-state index in [4.69, 9.17) is 14.5 Å². The van der Waals surface area contributed by atoms with Crippen LogP contribution < -0.4 is 4.74 Å². The molecule has 158 valence electrons. The molecular formula is C19H16BrF2N2O4PS. The Balaban J connectivity index is 1.74. The Hall–Kier alpha value is -1.84. The number of rotatable bonds is 7. The van der Waals surface area contributed by atoms with Gasteiger partial charge in [-0.2, -0.15) is 8.78 Å². The summed E-state index contributed by atoms with van der Waals surface area (Å²) >= 11 is 4.29. The highest BCUT2D eigenvalue weighted by molar-refractivity contribution is 9.10. The van der Waals surface area contributed by atoms with Gasteiger partial charge in [-0.3, -0.25) is 4.57 Å². The van der Waals surface area contributed by atoms with Crippen molar-refractivity contribution in [2.75, 3.05) is 7.11 Å². The van der Waals surface area contributed by atoms with Crippen LogP contribution in [0, 0.1) is 0 Å². The van der Waals surface area contributed by atoms with E-state index < -0.39 is 18.8 Å². The highest BCUT2D eigenvalue weighted by atomic mass is 79.9. The van der Waals surface area contributed by atoms with Crippen molar-refractivity contribution >= 4 is 35.3 Å². The molecule has 30 heavy (non-hydrogen) atoms. The van der Waals surface area contributed by atoms with E-state index in [1.807, 2.05) is 24.3 Å². The molecule has 0 aliphatic heterocycles. The first-order valence-electron chi connectivity index (χ1n) is 8.44. The molecule has 3 rings (SSSR count). The molecule has 0 unspecified atom stereocenters. The van der Waals surface area contributed by atoms with Crippen molar-refractivity contribution in [2.45, 2.75) is 16.6 Å². The fraction of sp³-hybridized carbons (Fsp3) is 0.158. The first-order valence-corrected chi connectivity index (χ1v) is 11.8. The summed E-state index contributed by atoms with van der Waals surface area (Å²) in [5, 5.41) is 0.504. The molecular weight excluding hydrogens is 501 g/mol. The molecule has 2 N–H and O–H groups in total. The van der Waals surface area contributed by atoms with E-state index in [1.54, 1.807) is 19.4 Å². The minimum Gasteiger partial charge on any atom is -0.497 e. The van der Waals surface area contributed by atoms with Crippen molar-refractivity contribution in [3.8, 4) is 17.0 Å². The van der Waals surface area contributed by atoms with Gasteiger partial charge in [-0.1, -0.05) is 39.8 Å². The monoisotopic (exact) mass is 516 g/mol. The highest BCUT2D eigenvalue weighted by Gasteiger charge is 2.51. The fourth-order valence-electron chi connectivity index (χ4n) is 2.53. The Morgan fingerprint density at radius 1 is 1.17 bits per heavy atom. The van der Waals surface area contributed by atoms with E-state index in [-0.39, 0.29) is 4.47 Å². The third-order valence-electron chi connectivity index (χ3n) is 4.11. The van der Waals surface area contributed by atoms with Gasteiger partial charge in [0.05, 0.1) is 12.8 Å². The van der Waals surface area contributed by atoms with Crippen LogP contribution in [0.15, 0.2) is 64.4 Å². The Morgan fingerprint density at radius 3 is 2.47 bits per heavy atom. The molecule has 2 aromatic carbocycles. The normalized spacial score (nSPS) is 12.1. The summed E-state index contributed by atoms with van der Waals surface area (Å²) in [4.78, 5) is 26.5. The summed E-state index contributed by atoms with van der Waals surface area (Å²) in [5.41, 5.74) is -2.74. The number of alkyl halides is 2. The molecule has 3 aromatic rings. The lowest BCUT2D eigenvalue weighted by Crippen LogP contribution is -2.14. The molecule has 0 saturated heterocycles. The lowest BCUT2D eigenvalue weighted by atomic mass is 10.1. The number of hydrogen-bond donors (Lipinski definition) is 2. The smallest absolute Gasteiger partial charge is 0.399 e. The molecule has 0 atom stereocenters. The van der Waals surface area contributed by atoms with Crippen LogP contribution in [0.2, 0.25) is 0 Å². The number of aromatic nitrogens is 2. The second kappa shape index (κ2) is 9.11. The molecule has 1 heterocycles. The summed E-state index contributed by atoms with van der Waals surface area (Å²) in [6.07, 6.45) is 1.63. The van der Waals surface area contributed by atoms with Gasteiger partial charge in [0.1, 0.15) is 5.75 Å². The second-order valence-corrected chi connectivity index (χ2v) is 9.59. The van der Waals surface area contributed by atoms with Gasteiger partial charge in [-0.25, -0.2) is 9.97 Å². The minimum absolute atomic E-state index is 0.0816. The number of halogens is 3. The summed E-state index contributed by atoms with van der Waals surface area (Å²) in [6, 6.07) is 13.0. The molecule has 0 radical (unpaired) electrons. The molecule has 1 aromatic heterocycles. The van der Waals surface area contributed by atoms with Gasteiger partial charge in [0.25, 0.3) is 0 Å². The van der Waals surface area contributed by atoms with E-state index >= 15 is 0 Å². The van der Waals surface area contributed by atoms with Crippen LogP contribution in [-0.2, 0) is 16.0 Å². The SMILES string of the molecule is COc1ccc(-c2ccnc(SCc3ccc(C(F)(F)P(=O)(O)O)c(Br)c3)n2)cc1. The van der Waals surface area contributed by atoms with Gasteiger partial charge in [0.15, 0.2) is 5.16 Å². The number of ether oxygens (including phenoxy) is 1. The van der Waals surface area contributed by atoms with Crippen molar-refractivity contribution in [3.05, 3.63) is 70.3 Å². The largest absolute Gasteiger partial charge is 0.497 e. The van der Waals surface area contributed by atoms with Crippen LogP contribution in [-0.4, -0.2) is 26.9 Å². The summed E-state index contributed by atoms with van der Waals surface area (Å²) in [7, 11) is -4.04. The van der Waals surface area contributed by atoms with E-state index in [0.29, 0.717) is 16.5 Å². The molecule has 0 aliphatic carbocycles. The number of thioether (sulfide) groups is 1. The number of methoxy groups -OCH3 is 1. The highest BCUT2D eigenvalue weighted by Crippen LogP contribution is 2.60. The van der Waals surface area contributed by atoms with Gasteiger partial charge in [0, 0.05) is 27.5 Å². The first kappa shape index (κ1) is 22.8. The first-order chi connectivity index (χ1) is 14.1. The zero-order chi connectivity index (χ0) is 21.9. The van der Waals surface area contributed by atoms with Gasteiger partial charge < -0.3 is 14.5 Å². The van der Waals surface area contributed by atoms with Crippen LogP contribution >= 0.6 is 35.3 Å². The van der Waals surface area contributed by atoms with E-state index in [0.717, 1.165) is 23.1 Å². The Morgan fingerprint density at radius 2 is 1.87 bits per heavy atom.